The molecule has 1 saturated carbocycles. The highest BCUT2D eigenvalue weighted by atomic mass is 32.2. The van der Waals surface area contributed by atoms with E-state index in [2.05, 4.69) is 13.8 Å². The maximum atomic E-state index is 11.1. The molecular formula is C10H18OS. The first kappa shape index (κ1) is 10.1. The second-order valence-corrected chi connectivity index (χ2v) is 5.32. The summed E-state index contributed by atoms with van der Waals surface area (Å²) in [5.74, 6) is 2.44. The lowest BCUT2D eigenvalue weighted by atomic mass is 9.99. The van der Waals surface area contributed by atoms with Gasteiger partial charge >= 0.3 is 0 Å². The van der Waals surface area contributed by atoms with Crippen molar-refractivity contribution in [2.24, 2.45) is 5.92 Å². The van der Waals surface area contributed by atoms with Gasteiger partial charge in [0.25, 0.3) is 0 Å². The van der Waals surface area contributed by atoms with Crippen LogP contribution in [-0.4, -0.2) is 16.8 Å². The quantitative estimate of drug-likeness (QED) is 0.674. The van der Waals surface area contributed by atoms with Crippen molar-refractivity contribution >= 4 is 17.5 Å². The van der Waals surface area contributed by atoms with Crippen molar-refractivity contribution in [1.29, 1.82) is 0 Å². The summed E-state index contributed by atoms with van der Waals surface area (Å²) in [5, 5.41) is 0.633. The third-order valence-corrected chi connectivity index (χ3v) is 3.84. The third kappa shape index (κ3) is 3.61. The maximum absolute atomic E-state index is 11.1. The normalized spacial score (nSPS) is 24.9. The molecule has 70 valence electrons. The summed E-state index contributed by atoms with van der Waals surface area (Å²) in [5.41, 5.74) is 0. The lowest BCUT2D eigenvalue weighted by Gasteiger charge is -2.20. The molecule has 0 bridgehead atoms. The summed E-state index contributed by atoms with van der Waals surface area (Å²) in [7, 11) is 0. The van der Waals surface area contributed by atoms with Crippen molar-refractivity contribution in [3.63, 3.8) is 0 Å². The second kappa shape index (κ2) is 4.90. The molecule has 1 aliphatic carbocycles. The number of ketones is 1. The average molecular weight is 186 g/mol. The third-order valence-electron chi connectivity index (χ3n) is 2.10. The second-order valence-electron chi connectivity index (χ2n) is 3.98. The summed E-state index contributed by atoms with van der Waals surface area (Å²) >= 11 is 1.99. The molecule has 0 aliphatic heterocycles. The van der Waals surface area contributed by atoms with Crippen LogP contribution in [0.3, 0.4) is 0 Å². The van der Waals surface area contributed by atoms with E-state index in [1.165, 1.54) is 12.2 Å². The minimum absolute atomic E-state index is 0.475. The molecule has 1 atom stereocenters. The van der Waals surface area contributed by atoms with Gasteiger partial charge in [0.15, 0.2) is 0 Å². The van der Waals surface area contributed by atoms with E-state index in [1.807, 2.05) is 11.8 Å². The fourth-order valence-corrected chi connectivity index (χ4v) is 2.75. The molecule has 0 spiro atoms. The number of hydrogen-bond donors (Lipinski definition) is 0. The van der Waals surface area contributed by atoms with Crippen LogP contribution in [0.4, 0.5) is 0 Å². The Kier molecular flexibility index (Phi) is 4.13. The van der Waals surface area contributed by atoms with Crippen LogP contribution in [-0.2, 0) is 4.79 Å². The van der Waals surface area contributed by atoms with Crippen molar-refractivity contribution in [3.05, 3.63) is 0 Å². The van der Waals surface area contributed by atoms with Crippen LogP contribution in [0, 0.1) is 5.92 Å². The number of rotatable bonds is 3. The zero-order chi connectivity index (χ0) is 8.97. The Labute approximate surface area is 79.3 Å². The van der Waals surface area contributed by atoms with Gasteiger partial charge in [-0.1, -0.05) is 13.8 Å². The van der Waals surface area contributed by atoms with Crippen molar-refractivity contribution in [3.8, 4) is 0 Å². The van der Waals surface area contributed by atoms with E-state index in [9.17, 15) is 4.79 Å². The van der Waals surface area contributed by atoms with Crippen LogP contribution >= 0.6 is 11.8 Å². The summed E-state index contributed by atoms with van der Waals surface area (Å²) in [6.07, 6.45) is 4.04. The lowest BCUT2D eigenvalue weighted by molar-refractivity contribution is -0.120. The highest BCUT2D eigenvalue weighted by Crippen LogP contribution is 2.27. The Morgan fingerprint density at radius 3 is 2.92 bits per heavy atom. The van der Waals surface area contributed by atoms with E-state index in [0.29, 0.717) is 11.0 Å². The number of carbonyl (C=O) groups excluding carboxylic acids is 1. The molecule has 0 aromatic carbocycles. The Hall–Kier alpha value is 0.0200. The summed E-state index contributed by atoms with van der Waals surface area (Å²) in [6.45, 7) is 4.47. The molecule has 1 nitrogen and oxygen atoms in total. The standard InChI is InChI=1S/C10H18OS/c1-8(2)7-12-10-5-3-4-9(11)6-10/h8,10H,3-7H2,1-2H3. The molecule has 1 fully saturated rings. The first-order chi connectivity index (χ1) is 5.68. The molecule has 0 saturated heterocycles. The van der Waals surface area contributed by atoms with Gasteiger partial charge in [-0.05, 0) is 24.5 Å². The van der Waals surface area contributed by atoms with Gasteiger partial charge in [0.1, 0.15) is 5.78 Å². The van der Waals surface area contributed by atoms with Crippen LogP contribution < -0.4 is 0 Å². The Bertz CT molecular complexity index is 154. The van der Waals surface area contributed by atoms with Gasteiger partial charge in [-0.25, -0.2) is 0 Å². The van der Waals surface area contributed by atoms with Gasteiger partial charge in [-0.15, -0.1) is 0 Å². The average Bonchev–Trinajstić information content (AvgIpc) is 2.01. The number of Topliss-reactive ketones (excluding diaryl/α,β-unsaturated/α-hetero) is 1. The first-order valence-corrected chi connectivity index (χ1v) is 5.86. The summed E-state index contributed by atoms with van der Waals surface area (Å²) in [4.78, 5) is 11.1. The smallest absolute Gasteiger partial charge is 0.134 e. The van der Waals surface area contributed by atoms with E-state index < -0.39 is 0 Å². The molecule has 1 rings (SSSR count). The Balaban J connectivity index is 2.18. The van der Waals surface area contributed by atoms with Crippen LogP contribution in [0.1, 0.15) is 39.5 Å². The van der Waals surface area contributed by atoms with Crippen molar-refractivity contribution in [1.82, 2.24) is 0 Å². The molecule has 0 aromatic heterocycles. The minimum atomic E-state index is 0.475. The predicted molar refractivity (Wildman–Crippen MR) is 54.6 cm³/mol. The zero-order valence-electron chi connectivity index (χ0n) is 8.01. The van der Waals surface area contributed by atoms with E-state index >= 15 is 0 Å². The van der Waals surface area contributed by atoms with E-state index in [4.69, 9.17) is 0 Å². The van der Waals surface area contributed by atoms with Crippen LogP contribution in [0.5, 0.6) is 0 Å². The molecule has 0 radical (unpaired) electrons. The molecule has 1 aliphatic rings. The minimum Gasteiger partial charge on any atom is -0.300 e. The van der Waals surface area contributed by atoms with Crippen LogP contribution in [0.15, 0.2) is 0 Å². The van der Waals surface area contributed by atoms with Crippen LogP contribution in [0.2, 0.25) is 0 Å². The lowest BCUT2D eigenvalue weighted by Crippen LogP contribution is -2.17. The Morgan fingerprint density at radius 2 is 2.33 bits per heavy atom. The molecule has 12 heavy (non-hydrogen) atoms. The van der Waals surface area contributed by atoms with Crippen molar-refractivity contribution < 1.29 is 4.79 Å². The predicted octanol–water partition coefficient (Wildman–Crippen LogP) is 2.89. The molecule has 0 heterocycles. The summed E-state index contributed by atoms with van der Waals surface area (Å²) < 4.78 is 0. The molecule has 2 heteroatoms. The topological polar surface area (TPSA) is 17.1 Å². The van der Waals surface area contributed by atoms with Crippen LogP contribution in [0.25, 0.3) is 0 Å². The zero-order valence-corrected chi connectivity index (χ0v) is 8.82. The van der Waals surface area contributed by atoms with Gasteiger partial charge in [0.05, 0.1) is 0 Å². The molecular weight excluding hydrogens is 168 g/mol. The molecule has 0 amide bonds. The molecule has 0 N–H and O–H groups in total. The fourth-order valence-electron chi connectivity index (χ4n) is 1.46. The largest absolute Gasteiger partial charge is 0.300 e. The van der Waals surface area contributed by atoms with Gasteiger partial charge < -0.3 is 0 Å². The van der Waals surface area contributed by atoms with Gasteiger partial charge in [-0.2, -0.15) is 11.8 Å². The molecule has 1 unspecified atom stereocenters. The fraction of sp³-hybridized carbons (Fsp3) is 0.900. The maximum Gasteiger partial charge on any atom is 0.134 e. The summed E-state index contributed by atoms with van der Waals surface area (Å²) in [6, 6.07) is 0. The highest BCUT2D eigenvalue weighted by molar-refractivity contribution is 7.99. The monoisotopic (exact) mass is 186 g/mol. The Morgan fingerprint density at radius 1 is 1.58 bits per heavy atom. The number of carbonyl (C=O) groups is 1. The first-order valence-electron chi connectivity index (χ1n) is 4.82. The SMILES string of the molecule is CC(C)CSC1CCCC(=O)C1. The van der Waals surface area contributed by atoms with Crippen molar-refractivity contribution in [2.75, 3.05) is 5.75 Å². The van der Waals surface area contributed by atoms with Gasteiger partial charge in [0, 0.05) is 18.1 Å². The van der Waals surface area contributed by atoms with E-state index in [0.717, 1.165) is 25.2 Å². The van der Waals surface area contributed by atoms with Gasteiger partial charge in [0.2, 0.25) is 0 Å². The van der Waals surface area contributed by atoms with Crippen molar-refractivity contribution in [2.45, 2.75) is 44.8 Å². The van der Waals surface area contributed by atoms with Gasteiger partial charge in [-0.3, -0.25) is 4.79 Å². The molecule has 0 aromatic rings. The number of hydrogen-bond acceptors (Lipinski definition) is 2. The highest BCUT2D eigenvalue weighted by Gasteiger charge is 2.19. The number of thioether (sulfide) groups is 1. The van der Waals surface area contributed by atoms with E-state index in [1.54, 1.807) is 0 Å². The van der Waals surface area contributed by atoms with E-state index in [-0.39, 0.29) is 0 Å².